The van der Waals surface area contributed by atoms with Crippen molar-refractivity contribution in [3.8, 4) is 11.1 Å². The topological polar surface area (TPSA) is 37.3 Å². The van der Waals surface area contributed by atoms with Crippen LogP contribution in [0.3, 0.4) is 0 Å². The molecule has 0 amide bonds. The van der Waals surface area contributed by atoms with Crippen LogP contribution in [-0.2, 0) is 4.79 Å². The Morgan fingerprint density at radius 3 is 2.47 bits per heavy atom. The number of aliphatic carboxylic acids is 1. The summed E-state index contributed by atoms with van der Waals surface area (Å²) >= 11 is 6.16. The highest BCUT2D eigenvalue weighted by Crippen LogP contribution is 2.50. The predicted octanol–water partition coefficient (Wildman–Crippen LogP) is 4.07. The molecule has 0 heterocycles. The van der Waals surface area contributed by atoms with Gasteiger partial charge in [-0.3, -0.25) is 4.79 Å². The molecule has 4 heteroatoms. The van der Waals surface area contributed by atoms with Gasteiger partial charge in [0, 0.05) is 22.1 Å². The first kappa shape index (κ1) is 12.2. The average molecular weight is 277 g/mol. The standard InChI is InChI=1S/C15H10ClFO2/c16-11-5-1-3-8-10(7-13(18)19)9-4-2-6-12(17)15(9)14(8)11/h1-6,10H,7H2,(H,18,19). The van der Waals surface area contributed by atoms with Gasteiger partial charge in [-0.15, -0.1) is 0 Å². The number of rotatable bonds is 2. The van der Waals surface area contributed by atoms with Crippen LogP contribution in [0.1, 0.15) is 23.5 Å². The van der Waals surface area contributed by atoms with E-state index in [1.165, 1.54) is 6.07 Å². The fourth-order valence-corrected chi connectivity index (χ4v) is 3.03. The van der Waals surface area contributed by atoms with Crippen molar-refractivity contribution in [3.05, 3.63) is 58.4 Å². The molecule has 19 heavy (non-hydrogen) atoms. The summed E-state index contributed by atoms with van der Waals surface area (Å²) in [6, 6.07) is 10.0. The molecule has 1 unspecified atom stereocenters. The summed E-state index contributed by atoms with van der Waals surface area (Å²) in [6.45, 7) is 0. The van der Waals surface area contributed by atoms with Crippen LogP contribution in [-0.4, -0.2) is 11.1 Å². The van der Waals surface area contributed by atoms with E-state index in [2.05, 4.69) is 0 Å². The molecule has 0 saturated carbocycles. The number of benzene rings is 2. The Labute approximate surface area is 114 Å². The Morgan fingerprint density at radius 1 is 1.16 bits per heavy atom. The van der Waals surface area contributed by atoms with Gasteiger partial charge in [0.25, 0.3) is 0 Å². The first-order chi connectivity index (χ1) is 9.09. The van der Waals surface area contributed by atoms with Gasteiger partial charge in [-0.05, 0) is 23.3 Å². The van der Waals surface area contributed by atoms with E-state index in [1.807, 2.05) is 6.07 Å². The van der Waals surface area contributed by atoms with Gasteiger partial charge in [-0.25, -0.2) is 4.39 Å². The van der Waals surface area contributed by atoms with Crippen molar-refractivity contribution >= 4 is 17.6 Å². The van der Waals surface area contributed by atoms with Gasteiger partial charge < -0.3 is 5.11 Å². The third-order valence-corrected chi connectivity index (χ3v) is 3.79. The highest BCUT2D eigenvalue weighted by atomic mass is 35.5. The second kappa shape index (κ2) is 4.35. The third-order valence-electron chi connectivity index (χ3n) is 3.47. The summed E-state index contributed by atoms with van der Waals surface area (Å²) in [6.07, 6.45) is -0.0657. The van der Waals surface area contributed by atoms with Gasteiger partial charge in [0.1, 0.15) is 5.82 Å². The lowest BCUT2D eigenvalue weighted by Crippen LogP contribution is -2.05. The van der Waals surface area contributed by atoms with Gasteiger partial charge in [0.2, 0.25) is 0 Å². The van der Waals surface area contributed by atoms with Crippen molar-refractivity contribution < 1.29 is 14.3 Å². The van der Waals surface area contributed by atoms with Crippen LogP contribution in [0.15, 0.2) is 36.4 Å². The van der Waals surface area contributed by atoms with E-state index in [9.17, 15) is 9.18 Å². The van der Waals surface area contributed by atoms with E-state index in [4.69, 9.17) is 16.7 Å². The molecule has 0 radical (unpaired) electrons. The van der Waals surface area contributed by atoms with Crippen molar-refractivity contribution in [3.63, 3.8) is 0 Å². The molecule has 1 aliphatic rings. The number of halogens is 2. The zero-order valence-electron chi connectivity index (χ0n) is 9.86. The zero-order chi connectivity index (χ0) is 13.6. The van der Waals surface area contributed by atoms with Crippen molar-refractivity contribution in [1.29, 1.82) is 0 Å². The number of hydrogen-bond acceptors (Lipinski definition) is 1. The molecule has 2 aromatic rings. The van der Waals surface area contributed by atoms with Crippen LogP contribution in [0.4, 0.5) is 4.39 Å². The Morgan fingerprint density at radius 2 is 1.79 bits per heavy atom. The fourth-order valence-electron chi connectivity index (χ4n) is 2.75. The minimum atomic E-state index is -0.909. The second-order valence-corrected chi connectivity index (χ2v) is 4.97. The maximum absolute atomic E-state index is 14.1. The molecule has 1 atom stereocenters. The van der Waals surface area contributed by atoms with E-state index < -0.39 is 5.97 Å². The van der Waals surface area contributed by atoms with Gasteiger partial charge >= 0.3 is 5.97 Å². The third kappa shape index (κ3) is 1.81. The Bertz CT molecular complexity index is 630. The number of carboxylic acid groups (broad SMARTS) is 1. The molecule has 96 valence electrons. The van der Waals surface area contributed by atoms with E-state index in [0.29, 0.717) is 21.7 Å². The van der Waals surface area contributed by atoms with Gasteiger partial charge in [-0.2, -0.15) is 0 Å². The lowest BCUT2D eigenvalue weighted by Gasteiger charge is -2.10. The first-order valence-electron chi connectivity index (χ1n) is 5.88. The zero-order valence-corrected chi connectivity index (χ0v) is 10.6. The molecular formula is C15H10ClFO2. The summed E-state index contributed by atoms with van der Waals surface area (Å²) in [5.74, 6) is -1.61. The van der Waals surface area contributed by atoms with Crippen LogP contribution in [0.2, 0.25) is 5.02 Å². The smallest absolute Gasteiger partial charge is 0.304 e. The minimum Gasteiger partial charge on any atom is -0.481 e. The van der Waals surface area contributed by atoms with E-state index in [0.717, 1.165) is 5.56 Å². The Hall–Kier alpha value is -1.87. The maximum atomic E-state index is 14.1. The lowest BCUT2D eigenvalue weighted by atomic mass is 9.94. The molecule has 1 N–H and O–H groups in total. The highest BCUT2D eigenvalue weighted by Gasteiger charge is 2.33. The summed E-state index contributed by atoms with van der Waals surface area (Å²) in [5, 5.41) is 9.49. The first-order valence-corrected chi connectivity index (χ1v) is 6.26. The number of fused-ring (bicyclic) bond motifs is 3. The number of hydrogen-bond donors (Lipinski definition) is 1. The quantitative estimate of drug-likeness (QED) is 0.898. The van der Waals surface area contributed by atoms with Gasteiger partial charge in [0.05, 0.1) is 6.42 Å². The minimum absolute atomic E-state index is 0.0657. The van der Waals surface area contributed by atoms with Crippen LogP contribution >= 0.6 is 11.6 Å². The van der Waals surface area contributed by atoms with Crippen LogP contribution in [0.5, 0.6) is 0 Å². The van der Waals surface area contributed by atoms with Crippen molar-refractivity contribution in [2.24, 2.45) is 0 Å². The monoisotopic (exact) mass is 276 g/mol. The van der Waals surface area contributed by atoms with E-state index in [-0.39, 0.29) is 18.2 Å². The lowest BCUT2D eigenvalue weighted by molar-refractivity contribution is -0.137. The highest BCUT2D eigenvalue weighted by molar-refractivity contribution is 6.33. The normalized spacial score (nSPS) is 16.0. The molecule has 3 rings (SSSR count). The Kier molecular flexibility index (Phi) is 2.79. The SMILES string of the molecule is O=C(O)CC1c2cccc(F)c2-c2c(Cl)cccc21. The van der Waals surface area contributed by atoms with Crippen molar-refractivity contribution in [1.82, 2.24) is 0 Å². The predicted molar refractivity (Wildman–Crippen MR) is 70.9 cm³/mol. The molecule has 1 aliphatic carbocycles. The summed E-state index contributed by atoms with van der Waals surface area (Å²) in [5.41, 5.74) is 2.55. The number of carboxylic acids is 1. The molecule has 0 fully saturated rings. The molecule has 0 spiro atoms. The largest absolute Gasteiger partial charge is 0.481 e. The second-order valence-electron chi connectivity index (χ2n) is 4.56. The average Bonchev–Trinajstić information content (AvgIpc) is 2.66. The van der Waals surface area contributed by atoms with Gasteiger partial charge in [0.15, 0.2) is 0 Å². The molecule has 2 nitrogen and oxygen atoms in total. The van der Waals surface area contributed by atoms with Crippen LogP contribution in [0, 0.1) is 5.82 Å². The summed E-state index contributed by atoms with van der Waals surface area (Å²) in [7, 11) is 0. The van der Waals surface area contributed by atoms with Crippen LogP contribution < -0.4 is 0 Å². The molecule has 0 saturated heterocycles. The van der Waals surface area contributed by atoms with E-state index >= 15 is 0 Å². The van der Waals surface area contributed by atoms with E-state index in [1.54, 1.807) is 24.3 Å². The number of carbonyl (C=O) groups is 1. The summed E-state index contributed by atoms with van der Waals surface area (Å²) < 4.78 is 14.1. The van der Waals surface area contributed by atoms with Gasteiger partial charge in [-0.1, -0.05) is 35.9 Å². The molecule has 0 bridgehead atoms. The summed E-state index contributed by atoms with van der Waals surface area (Å²) in [4.78, 5) is 11.0. The van der Waals surface area contributed by atoms with Crippen molar-refractivity contribution in [2.45, 2.75) is 12.3 Å². The Balaban J connectivity index is 2.30. The molecule has 0 aliphatic heterocycles. The molecule has 0 aromatic heterocycles. The maximum Gasteiger partial charge on any atom is 0.304 e. The molecule has 2 aromatic carbocycles. The van der Waals surface area contributed by atoms with Crippen molar-refractivity contribution in [2.75, 3.05) is 0 Å². The van der Waals surface area contributed by atoms with Crippen LogP contribution in [0.25, 0.3) is 11.1 Å². The fraction of sp³-hybridized carbons (Fsp3) is 0.133. The molecular weight excluding hydrogens is 267 g/mol.